The number of carbonyl (C=O) groups excluding carboxylic acids is 1. The van der Waals surface area contributed by atoms with Gasteiger partial charge in [-0.1, -0.05) is 13.3 Å². The molecule has 5 heteroatoms. The number of hydrogen-bond donors (Lipinski definition) is 2. The van der Waals surface area contributed by atoms with Crippen LogP contribution in [0.2, 0.25) is 0 Å². The fourth-order valence-corrected chi connectivity index (χ4v) is 2.56. The smallest absolute Gasteiger partial charge is 0.311 e. The van der Waals surface area contributed by atoms with Gasteiger partial charge in [0.15, 0.2) is 0 Å². The summed E-state index contributed by atoms with van der Waals surface area (Å²) in [5, 5.41) is 9.35. The Bertz CT molecular complexity index is 317. The van der Waals surface area contributed by atoms with Gasteiger partial charge in [0.25, 0.3) is 0 Å². The molecule has 5 nitrogen and oxygen atoms in total. The SMILES string of the molecule is CCCC1(C(=O)O)CCN(C(=O)CCC(C)N)C1. The number of nitrogens with zero attached hydrogens (tertiary/aromatic N) is 1. The van der Waals surface area contributed by atoms with Crippen molar-refractivity contribution in [3.8, 4) is 0 Å². The number of amides is 1. The van der Waals surface area contributed by atoms with Crippen molar-refractivity contribution in [2.75, 3.05) is 13.1 Å². The van der Waals surface area contributed by atoms with E-state index in [0.29, 0.717) is 38.8 Å². The van der Waals surface area contributed by atoms with Gasteiger partial charge < -0.3 is 15.7 Å². The van der Waals surface area contributed by atoms with E-state index in [1.165, 1.54) is 0 Å². The lowest BCUT2D eigenvalue weighted by Crippen LogP contribution is -2.37. The number of carboxylic acids is 1. The molecule has 0 aromatic rings. The molecule has 1 amide bonds. The Kier molecular flexibility index (Phi) is 5.14. The third-order valence-electron chi connectivity index (χ3n) is 3.70. The van der Waals surface area contributed by atoms with Crippen molar-refractivity contribution in [2.45, 2.75) is 52.0 Å². The van der Waals surface area contributed by atoms with Crippen LogP contribution in [0.4, 0.5) is 0 Å². The number of carboxylic acid groups (broad SMARTS) is 1. The summed E-state index contributed by atoms with van der Waals surface area (Å²) >= 11 is 0. The number of nitrogens with two attached hydrogens (primary N) is 1. The number of carbonyl (C=O) groups is 2. The summed E-state index contributed by atoms with van der Waals surface area (Å²) in [6.45, 7) is 4.76. The molecule has 1 aliphatic heterocycles. The third kappa shape index (κ3) is 3.45. The molecular weight excluding hydrogens is 232 g/mol. The Labute approximate surface area is 108 Å². The third-order valence-corrected chi connectivity index (χ3v) is 3.70. The number of hydrogen-bond acceptors (Lipinski definition) is 3. The average molecular weight is 256 g/mol. The monoisotopic (exact) mass is 256 g/mol. The van der Waals surface area contributed by atoms with E-state index >= 15 is 0 Å². The molecule has 1 heterocycles. The second-order valence-electron chi connectivity index (χ2n) is 5.42. The predicted molar refractivity (Wildman–Crippen MR) is 69.1 cm³/mol. The van der Waals surface area contributed by atoms with E-state index in [0.717, 1.165) is 6.42 Å². The van der Waals surface area contributed by atoms with Crippen LogP contribution in [-0.4, -0.2) is 41.0 Å². The van der Waals surface area contributed by atoms with E-state index in [4.69, 9.17) is 5.73 Å². The highest BCUT2D eigenvalue weighted by molar-refractivity contribution is 5.80. The van der Waals surface area contributed by atoms with Crippen molar-refractivity contribution in [2.24, 2.45) is 11.1 Å². The van der Waals surface area contributed by atoms with E-state index in [1.807, 2.05) is 13.8 Å². The summed E-state index contributed by atoms with van der Waals surface area (Å²) in [5.41, 5.74) is 4.90. The lowest BCUT2D eigenvalue weighted by atomic mass is 9.83. The molecule has 0 aliphatic carbocycles. The summed E-state index contributed by atoms with van der Waals surface area (Å²) in [4.78, 5) is 25.0. The van der Waals surface area contributed by atoms with Crippen LogP contribution in [0.1, 0.15) is 46.0 Å². The van der Waals surface area contributed by atoms with Crippen LogP contribution in [0, 0.1) is 5.41 Å². The van der Waals surface area contributed by atoms with E-state index < -0.39 is 11.4 Å². The molecule has 0 spiro atoms. The van der Waals surface area contributed by atoms with E-state index in [1.54, 1.807) is 4.90 Å². The molecule has 0 bridgehead atoms. The second-order valence-corrected chi connectivity index (χ2v) is 5.42. The first-order valence-corrected chi connectivity index (χ1v) is 6.68. The fourth-order valence-electron chi connectivity index (χ4n) is 2.56. The molecule has 1 aliphatic rings. The number of aliphatic carboxylic acids is 1. The zero-order valence-corrected chi connectivity index (χ0v) is 11.3. The molecule has 0 aromatic carbocycles. The zero-order chi connectivity index (χ0) is 13.8. The minimum absolute atomic E-state index is 0.0106. The lowest BCUT2D eigenvalue weighted by Gasteiger charge is -2.24. The standard InChI is InChI=1S/C13H24N2O3/c1-3-6-13(12(17)18)7-8-15(9-13)11(16)5-4-10(2)14/h10H,3-9,14H2,1-2H3,(H,17,18). The van der Waals surface area contributed by atoms with Gasteiger partial charge in [0.2, 0.25) is 5.91 Å². The van der Waals surface area contributed by atoms with Crippen molar-refractivity contribution in [1.29, 1.82) is 0 Å². The predicted octanol–water partition coefficient (Wildman–Crippen LogP) is 1.22. The topological polar surface area (TPSA) is 83.6 Å². The molecule has 0 aromatic heterocycles. The summed E-state index contributed by atoms with van der Waals surface area (Å²) in [6, 6.07) is 0.0106. The van der Waals surface area contributed by atoms with Crippen molar-refractivity contribution >= 4 is 11.9 Å². The second kappa shape index (κ2) is 6.18. The average Bonchev–Trinajstić information content (AvgIpc) is 2.72. The highest BCUT2D eigenvalue weighted by atomic mass is 16.4. The van der Waals surface area contributed by atoms with Crippen LogP contribution in [0.3, 0.4) is 0 Å². The maximum absolute atomic E-state index is 11.9. The molecule has 2 unspecified atom stereocenters. The van der Waals surface area contributed by atoms with Gasteiger partial charge in [0.05, 0.1) is 5.41 Å². The minimum atomic E-state index is -0.771. The summed E-state index contributed by atoms with van der Waals surface area (Å²) in [5.74, 6) is -0.738. The summed E-state index contributed by atoms with van der Waals surface area (Å²) < 4.78 is 0. The normalized spacial score (nSPS) is 25.2. The Morgan fingerprint density at radius 1 is 1.50 bits per heavy atom. The minimum Gasteiger partial charge on any atom is -0.481 e. The molecule has 0 radical (unpaired) electrons. The van der Waals surface area contributed by atoms with Crippen LogP contribution < -0.4 is 5.73 Å². The molecule has 1 fully saturated rings. The van der Waals surface area contributed by atoms with E-state index in [2.05, 4.69) is 0 Å². The van der Waals surface area contributed by atoms with E-state index in [-0.39, 0.29) is 11.9 Å². The van der Waals surface area contributed by atoms with Gasteiger partial charge in [-0.25, -0.2) is 0 Å². The Morgan fingerprint density at radius 2 is 2.17 bits per heavy atom. The van der Waals surface area contributed by atoms with Crippen LogP contribution in [-0.2, 0) is 9.59 Å². The first-order chi connectivity index (χ1) is 8.41. The van der Waals surface area contributed by atoms with Crippen molar-refractivity contribution < 1.29 is 14.7 Å². The van der Waals surface area contributed by atoms with Crippen molar-refractivity contribution in [3.63, 3.8) is 0 Å². The van der Waals surface area contributed by atoms with Crippen LogP contribution in [0.25, 0.3) is 0 Å². The van der Waals surface area contributed by atoms with Gasteiger partial charge in [-0.3, -0.25) is 9.59 Å². The quantitative estimate of drug-likeness (QED) is 0.748. The molecular formula is C13H24N2O3. The van der Waals surface area contributed by atoms with Gasteiger partial charge >= 0.3 is 5.97 Å². The Balaban J connectivity index is 2.58. The van der Waals surface area contributed by atoms with Crippen molar-refractivity contribution in [1.82, 2.24) is 4.90 Å². The first kappa shape index (κ1) is 15.0. The maximum atomic E-state index is 11.9. The number of rotatable bonds is 6. The van der Waals surface area contributed by atoms with Gasteiger partial charge in [-0.05, 0) is 26.2 Å². The van der Waals surface area contributed by atoms with Crippen LogP contribution >= 0.6 is 0 Å². The molecule has 3 N–H and O–H groups in total. The molecule has 104 valence electrons. The number of likely N-dealkylation sites (tertiary alicyclic amines) is 1. The van der Waals surface area contributed by atoms with Gasteiger partial charge in [-0.2, -0.15) is 0 Å². The Morgan fingerprint density at radius 3 is 2.67 bits per heavy atom. The fraction of sp³-hybridized carbons (Fsp3) is 0.846. The maximum Gasteiger partial charge on any atom is 0.311 e. The highest BCUT2D eigenvalue weighted by Crippen LogP contribution is 2.35. The van der Waals surface area contributed by atoms with Gasteiger partial charge in [0, 0.05) is 25.6 Å². The molecule has 0 saturated carbocycles. The molecule has 2 atom stereocenters. The van der Waals surface area contributed by atoms with E-state index in [9.17, 15) is 14.7 Å². The zero-order valence-electron chi connectivity index (χ0n) is 11.3. The molecule has 18 heavy (non-hydrogen) atoms. The Hall–Kier alpha value is -1.10. The summed E-state index contributed by atoms with van der Waals surface area (Å²) in [7, 11) is 0. The van der Waals surface area contributed by atoms with Gasteiger partial charge in [-0.15, -0.1) is 0 Å². The largest absolute Gasteiger partial charge is 0.481 e. The van der Waals surface area contributed by atoms with Crippen LogP contribution in [0.5, 0.6) is 0 Å². The van der Waals surface area contributed by atoms with Crippen LogP contribution in [0.15, 0.2) is 0 Å². The first-order valence-electron chi connectivity index (χ1n) is 6.68. The summed E-state index contributed by atoms with van der Waals surface area (Å²) in [6.07, 6.45) is 3.11. The lowest BCUT2D eigenvalue weighted by molar-refractivity contribution is -0.149. The van der Waals surface area contributed by atoms with Gasteiger partial charge in [0.1, 0.15) is 0 Å². The van der Waals surface area contributed by atoms with Crippen molar-refractivity contribution in [3.05, 3.63) is 0 Å². The molecule has 1 saturated heterocycles. The molecule has 1 rings (SSSR count). The highest BCUT2D eigenvalue weighted by Gasteiger charge is 2.45.